The van der Waals surface area contributed by atoms with E-state index in [1.165, 1.54) is 4.88 Å². The van der Waals surface area contributed by atoms with Crippen LogP contribution in [0.5, 0.6) is 0 Å². The first-order chi connectivity index (χ1) is 4.36. The van der Waals surface area contributed by atoms with Crippen molar-refractivity contribution in [2.24, 2.45) is 0 Å². The van der Waals surface area contributed by atoms with Crippen molar-refractivity contribution in [3.63, 3.8) is 0 Å². The van der Waals surface area contributed by atoms with Gasteiger partial charge in [0.2, 0.25) is 0 Å². The molecule has 0 aliphatic carbocycles. The fourth-order valence-electron chi connectivity index (χ4n) is 0.784. The summed E-state index contributed by atoms with van der Waals surface area (Å²) >= 11 is 1.68. The van der Waals surface area contributed by atoms with Crippen molar-refractivity contribution in [2.45, 2.75) is 6.92 Å². The molecule has 2 rings (SSSR count). The van der Waals surface area contributed by atoms with Gasteiger partial charge in [0.15, 0.2) is 4.96 Å². The standard InChI is InChI=1S/C6H5N2S/c1-5-4-8-3-2-7-6(8)9-5/h2,4H,1H3. The Morgan fingerprint density at radius 1 is 1.78 bits per heavy atom. The van der Waals surface area contributed by atoms with Crippen LogP contribution in [0.3, 0.4) is 0 Å². The lowest BCUT2D eigenvalue weighted by molar-refractivity contribution is 1.20. The van der Waals surface area contributed by atoms with Crippen LogP contribution >= 0.6 is 11.3 Å². The lowest BCUT2D eigenvalue weighted by atomic mass is 10.6. The second-order valence-electron chi connectivity index (χ2n) is 1.88. The Balaban J connectivity index is 2.92. The normalized spacial score (nSPS) is 10.8. The molecule has 0 fully saturated rings. The van der Waals surface area contributed by atoms with Crippen LogP contribution in [0, 0.1) is 13.1 Å². The number of thiazole rings is 1. The zero-order valence-corrected chi connectivity index (χ0v) is 5.77. The number of fused-ring (bicyclic) bond motifs is 1. The highest BCUT2D eigenvalue weighted by atomic mass is 32.1. The Bertz CT molecular complexity index is 292. The van der Waals surface area contributed by atoms with Gasteiger partial charge >= 0.3 is 0 Å². The molecule has 1 radical (unpaired) electrons. The van der Waals surface area contributed by atoms with Crippen molar-refractivity contribution in [3.05, 3.63) is 23.5 Å². The van der Waals surface area contributed by atoms with Crippen LogP contribution in [0.1, 0.15) is 4.88 Å². The highest BCUT2D eigenvalue weighted by Gasteiger charge is 1.95. The smallest absolute Gasteiger partial charge is 0.194 e. The second kappa shape index (κ2) is 1.57. The Morgan fingerprint density at radius 3 is 3.44 bits per heavy atom. The predicted octanol–water partition coefficient (Wildman–Crippen LogP) is 1.50. The van der Waals surface area contributed by atoms with Gasteiger partial charge in [-0.15, -0.1) is 11.3 Å². The zero-order chi connectivity index (χ0) is 6.27. The molecule has 45 valence electrons. The summed E-state index contributed by atoms with van der Waals surface area (Å²) in [5, 5.41) is 0. The van der Waals surface area contributed by atoms with Crippen molar-refractivity contribution >= 4 is 16.3 Å². The Hall–Kier alpha value is -0.830. The van der Waals surface area contributed by atoms with Crippen LogP contribution in [-0.4, -0.2) is 9.38 Å². The summed E-state index contributed by atoms with van der Waals surface area (Å²) in [6, 6.07) is 0. The number of hydrogen-bond acceptors (Lipinski definition) is 2. The maximum Gasteiger partial charge on any atom is 0.194 e. The average molecular weight is 137 g/mol. The van der Waals surface area contributed by atoms with Crippen molar-refractivity contribution < 1.29 is 0 Å². The molecule has 0 unspecified atom stereocenters. The van der Waals surface area contributed by atoms with Crippen molar-refractivity contribution in [1.82, 2.24) is 9.38 Å². The molecular weight excluding hydrogens is 132 g/mol. The van der Waals surface area contributed by atoms with Crippen molar-refractivity contribution in [1.29, 1.82) is 0 Å². The number of aryl methyl sites for hydroxylation is 1. The number of rotatable bonds is 0. The van der Waals surface area contributed by atoms with Gasteiger partial charge in [0.25, 0.3) is 0 Å². The third-order valence-corrected chi connectivity index (χ3v) is 2.05. The van der Waals surface area contributed by atoms with E-state index in [1.54, 1.807) is 17.5 Å². The van der Waals surface area contributed by atoms with Gasteiger partial charge in [-0.1, -0.05) is 0 Å². The summed E-state index contributed by atoms with van der Waals surface area (Å²) < 4.78 is 1.90. The first-order valence-electron chi connectivity index (χ1n) is 2.67. The van der Waals surface area contributed by atoms with Crippen LogP contribution in [-0.2, 0) is 0 Å². The van der Waals surface area contributed by atoms with Gasteiger partial charge in [0.05, 0.1) is 12.4 Å². The van der Waals surface area contributed by atoms with Crippen LogP contribution in [0.2, 0.25) is 0 Å². The second-order valence-corrected chi connectivity index (χ2v) is 3.09. The number of nitrogens with zero attached hydrogens (tertiary/aromatic N) is 2. The van der Waals surface area contributed by atoms with E-state index in [4.69, 9.17) is 0 Å². The van der Waals surface area contributed by atoms with Gasteiger partial charge in [-0.3, -0.25) is 4.40 Å². The summed E-state index contributed by atoms with van der Waals surface area (Å²) in [6.45, 7) is 2.06. The molecule has 0 spiro atoms. The molecule has 0 N–H and O–H groups in total. The molecule has 0 aliphatic heterocycles. The third-order valence-electron chi connectivity index (χ3n) is 1.14. The molecule has 9 heavy (non-hydrogen) atoms. The minimum Gasteiger partial charge on any atom is -0.288 e. The fourth-order valence-corrected chi connectivity index (χ4v) is 1.54. The number of aromatic nitrogens is 2. The van der Waals surface area contributed by atoms with Gasteiger partial charge < -0.3 is 0 Å². The molecule has 3 heteroatoms. The fraction of sp³-hybridized carbons (Fsp3) is 0.167. The maximum absolute atomic E-state index is 4.07. The Kier molecular flexibility index (Phi) is 0.873. The molecule has 0 aliphatic rings. The lowest BCUT2D eigenvalue weighted by Gasteiger charge is -1.71. The largest absolute Gasteiger partial charge is 0.288 e. The van der Waals surface area contributed by atoms with E-state index in [-0.39, 0.29) is 0 Å². The maximum atomic E-state index is 4.07. The van der Waals surface area contributed by atoms with Crippen LogP contribution in [0.25, 0.3) is 4.96 Å². The van der Waals surface area contributed by atoms with Gasteiger partial charge in [0, 0.05) is 11.1 Å². The van der Waals surface area contributed by atoms with E-state index in [0.717, 1.165) is 4.96 Å². The van der Waals surface area contributed by atoms with Crippen LogP contribution < -0.4 is 0 Å². The molecule has 0 atom stereocenters. The minimum absolute atomic E-state index is 1.02. The van der Waals surface area contributed by atoms with Gasteiger partial charge in [-0.05, 0) is 6.92 Å². The van der Waals surface area contributed by atoms with E-state index in [2.05, 4.69) is 18.1 Å². The number of hydrogen-bond donors (Lipinski definition) is 0. The van der Waals surface area contributed by atoms with Gasteiger partial charge in [-0.25, -0.2) is 4.98 Å². The van der Waals surface area contributed by atoms with Crippen LogP contribution in [0.15, 0.2) is 12.4 Å². The summed E-state index contributed by atoms with van der Waals surface area (Å²) in [5.74, 6) is 0. The molecular formula is C6H5N2S. The van der Waals surface area contributed by atoms with E-state index >= 15 is 0 Å². The number of imidazole rings is 1. The first kappa shape index (κ1) is 4.99. The zero-order valence-electron chi connectivity index (χ0n) is 4.96. The SMILES string of the molecule is Cc1cn2[c]cnc2s1. The van der Waals surface area contributed by atoms with E-state index in [0.29, 0.717) is 0 Å². The highest BCUT2D eigenvalue weighted by Crippen LogP contribution is 2.13. The Morgan fingerprint density at radius 2 is 2.67 bits per heavy atom. The molecule has 2 aromatic heterocycles. The molecule has 0 aromatic carbocycles. The van der Waals surface area contributed by atoms with E-state index < -0.39 is 0 Å². The monoisotopic (exact) mass is 137 g/mol. The topological polar surface area (TPSA) is 17.3 Å². The summed E-state index contributed by atoms with van der Waals surface area (Å²) in [7, 11) is 0. The van der Waals surface area contributed by atoms with E-state index in [1.807, 2.05) is 10.6 Å². The predicted molar refractivity (Wildman–Crippen MR) is 36.6 cm³/mol. The summed E-state index contributed by atoms with van der Waals surface area (Å²) in [5.41, 5.74) is 0. The molecule has 0 bridgehead atoms. The van der Waals surface area contributed by atoms with Gasteiger partial charge in [0.1, 0.15) is 0 Å². The molecule has 0 saturated carbocycles. The molecule has 0 saturated heterocycles. The van der Waals surface area contributed by atoms with Gasteiger partial charge in [-0.2, -0.15) is 0 Å². The first-order valence-corrected chi connectivity index (χ1v) is 3.49. The van der Waals surface area contributed by atoms with E-state index in [9.17, 15) is 0 Å². The van der Waals surface area contributed by atoms with Crippen molar-refractivity contribution in [3.8, 4) is 0 Å². The average Bonchev–Trinajstić information content (AvgIpc) is 2.22. The third kappa shape index (κ3) is 0.650. The summed E-state index contributed by atoms with van der Waals surface area (Å²) in [4.78, 5) is 6.36. The molecule has 0 amide bonds. The lowest BCUT2D eigenvalue weighted by Crippen LogP contribution is -1.68. The minimum atomic E-state index is 1.02. The van der Waals surface area contributed by atoms with Crippen molar-refractivity contribution in [2.75, 3.05) is 0 Å². The molecule has 2 heterocycles. The highest BCUT2D eigenvalue weighted by molar-refractivity contribution is 7.16. The Labute approximate surface area is 56.8 Å². The molecule has 2 nitrogen and oxygen atoms in total. The quantitative estimate of drug-likeness (QED) is 0.538. The summed E-state index contributed by atoms with van der Waals surface area (Å²) in [6.07, 6.45) is 6.66. The van der Waals surface area contributed by atoms with Crippen LogP contribution in [0.4, 0.5) is 0 Å². The molecule has 2 aromatic rings.